The summed E-state index contributed by atoms with van der Waals surface area (Å²) in [6.07, 6.45) is 11.6. The van der Waals surface area contributed by atoms with E-state index in [-0.39, 0.29) is 0 Å². The highest BCUT2D eigenvalue weighted by atomic mass is 16.5. The average molecular weight is 281 g/mol. The molecule has 118 valence electrons. The highest BCUT2D eigenvalue weighted by Crippen LogP contribution is 2.61. The minimum absolute atomic E-state index is 0.621. The minimum atomic E-state index is 0.621. The minimum Gasteiger partial charge on any atom is -0.383 e. The molecule has 0 heterocycles. The number of hydrogen-bond donors (Lipinski definition) is 1. The lowest BCUT2D eigenvalue weighted by Gasteiger charge is -2.35. The van der Waals surface area contributed by atoms with Crippen molar-refractivity contribution in [3.05, 3.63) is 0 Å². The molecule has 3 unspecified atom stereocenters. The molecule has 2 aliphatic carbocycles. The Morgan fingerprint density at radius 3 is 2.60 bits per heavy atom. The highest BCUT2D eigenvalue weighted by molar-refractivity contribution is 5.04. The second kappa shape index (κ2) is 7.79. The number of nitrogens with one attached hydrogen (secondary N) is 1. The number of fused-ring (bicyclic) bond motifs is 1. The summed E-state index contributed by atoms with van der Waals surface area (Å²) < 4.78 is 5.16. The van der Waals surface area contributed by atoms with E-state index in [2.05, 4.69) is 19.2 Å². The molecule has 20 heavy (non-hydrogen) atoms. The van der Waals surface area contributed by atoms with Gasteiger partial charge in [0.25, 0.3) is 0 Å². The van der Waals surface area contributed by atoms with E-state index in [1.165, 1.54) is 57.9 Å². The summed E-state index contributed by atoms with van der Waals surface area (Å²) in [5.41, 5.74) is 0.621. The largest absolute Gasteiger partial charge is 0.383 e. The number of ether oxygens (including phenoxy) is 1. The van der Waals surface area contributed by atoms with Crippen molar-refractivity contribution < 1.29 is 4.74 Å². The lowest BCUT2D eigenvalue weighted by atomic mass is 9.73. The van der Waals surface area contributed by atoms with E-state index >= 15 is 0 Å². The van der Waals surface area contributed by atoms with E-state index < -0.39 is 0 Å². The summed E-state index contributed by atoms with van der Waals surface area (Å²) in [6, 6.07) is 0. The molecule has 2 aliphatic rings. The van der Waals surface area contributed by atoms with E-state index in [4.69, 9.17) is 4.74 Å². The molecule has 0 radical (unpaired) electrons. The zero-order valence-electron chi connectivity index (χ0n) is 13.9. The van der Waals surface area contributed by atoms with E-state index in [1.54, 1.807) is 7.11 Å². The predicted octanol–water partition coefficient (Wildman–Crippen LogP) is 4.25. The van der Waals surface area contributed by atoms with Gasteiger partial charge in [-0.1, -0.05) is 39.5 Å². The van der Waals surface area contributed by atoms with Gasteiger partial charge >= 0.3 is 0 Å². The zero-order chi connectivity index (χ0) is 14.4. The molecule has 2 heteroatoms. The summed E-state index contributed by atoms with van der Waals surface area (Å²) in [4.78, 5) is 0. The van der Waals surface area contributed by atoms with Crippen LogP contribution in [0.15, 0.2) is 0 Å². The van der Waals surface area contributed by atoms with Gasteiger partial charge in [0, 0.05) is 20.2 Å². The monoisotopic (exact) mass is 281 g/mol. The third kappa shape index (κ3) is 4.46. The molecule has 0 bridgehead atoms. The van der Waals surface area contributed by atoms with Gasteiger partial charge < -0.3 is 10.1 Å². The smallest absolute Gasteiger partial charge is 0.0587 e. The second-order valence-electron chi connectivity index (χ2n) is 7.45. The normalized spacial score (nSPS) is 33.1. The van der Waals surface area contributed by atoms with Gasteiger partial charge in [-0.25, -0.2) is 0 Å². The summed E-state index contributed by atoms with van der Waals surface area (Å²) in [5.74, 6) is 3.13. The van der Waals surface area contributed by atoms with Gasteiger partial charge in [0.2, 0.25) is 0 Å². The Balaban J connectivity index is 1.82. The first-order valence-electron chi connectivity index (χ1n) is 8.92. The Labute approximate surface area is 126 Å². The Morgan fingerprint density at radius 1 is 1.25 bits per heavy atom. The quantitative estimate of drug-likeness (QED) is 0.572. The van der Waals surface area contributed by atoms with Crippen LogP contribution in [0.25, 0.3) is 0 Å². The molecule has 0 aromatic heterocycles. The van der Waals surface area contributed by atoms with Crippen LogP contribution in [0.1, 0.15) is 65.2 Å². The summed E-state index contributed by atoms with van der Waals surface area (Å²) in [5, 5.41) is 3.67. The standard InChI is InChI=1S/C18H35NO/c1-4-6-7-15(5-2)11-18(14-19-8-9-20-3)12-16-10-17(16)13-18/h15-17,19H,4-14H2,1-3H3. The van der Waals surface area contributed by atoms with Crippen LogP contribution in [0.2, 0.25) is 0 Å². The summed E-state index contributed by atoms with van der Waals surface area (Å²) in [6.45, 7) is 7.79. The zero-order valence-corrected chi connectivity index (χ0v) is 13.9. The average Bonchev–Trinajstić information content (AvgIpc) is 3.08. The second-order valence-corrected chi connectivity index (χ2v) is 7.45. The fourth-order valence-electron chi connectivity index (χ4n) is 4.47. The third-order valence-electron chi connectivity index (χ3n) is 5.71. The van der Waals surface area contributed by atoms with Crippen LogP contribution < -0.4 is 5.32 Å². The van der Waals surface area contributed by atoms with Crippen molar-refractivity contribution in [1.29, 1.82) is 0 Å². The lowest BCUT2D eigenvalue weighted by Crippen LogP contribution is -2.36. The molecule has 0 spiro atoms. The van der Waals surface area contributed by atoms with Gasteiger partial charge in [0.1, 0.15) is 0 Å². The molecule has 0 aromatic carbocycles. The SMILES string of the molecule is CCCCC(CC)CC1(CNCCOC)CC2CC2C1. The molecule has 2 rings (SSSR count). The first-order chi connectivity index (χ1) is 9.73. The lowest BCUT2D eigenvalue weighted by molar-refractivity contribution is 0.162. The van der Waals surface area contributed by atoms with Crippen LogP contribution in [-0.2, 0) is 4.74 Å². The molecule has 0 amide bonds. The number of methoxy groups -OCH3 is 1. The molecule has 3 atom stereocenters. The van der Waals surface area contributed by atoms with Gasteiger partial charge in [-0.05, 0) is 48.9 Å². The van der Waals surface area contributed by atoms with E-state index in [9.17, 15) is 0 Å². The van der Waals surface area contributed by atoms with Crippen LogP contribution in [0.5, 0.6) is 0 Å². The van der Waals surface area contributed by atoms with Crippen molar-refractivity contribution in [3.8, 4) is 0 Å². The molecular weight excluding hydrogens is 246 g/mol. The van der Waals surface area contributed by atoms with Crippen LogP contribution in [0.4, 0.5) is 0 Å². The molecule has 2 saturated carbocycles. The number of rotatable bonds is 11. The highest BCUT2D eigenvalue weighted by Gasteiger charge is 2.53. The fourth-order valence-corrected chi connectivity index (χ4v) is 4.47. The van der Waals surface area contributed by atoms with Crippen LogP contribution >= 0.6 is 0 Å². The van der Waals surface area contributed by atoms with Crippen LogP contribution in [0, 0.1) is 23.2 Å². The van der Waals surface area contributed by atoms with Crippen molar-refractivity contribution in [2.75, 3.05) is 26.8 Å². The summed E-state index contributed by atoms with van der Waals surface area (Å²) in [7, 11) is 1.79. The topological polar surface area (TPSA) is 21.3 Å². The molecule has 2 nitrogen and oxygen atoms in total. The van der Waals surface area contributed by atoms with Crippen molar-refractivity contribution in [2.24, 2.45) is 23.2 Å². The maximum atomic E-state index is 5.16. The Bertz CT molecular complexity index is 269. The van der Waals surface area contributed by atoms with E-state index in [0.717, 1.165) is 30.9 Å². The molecule has 0 saturated heterocycles. The molecule has 1 N–H and O–H groups in total. The fraction of sp³-hybridized carbons (Fsp3) is 1.00. The van der Waals surface area contributed by atoms with Gasteiger partial charge in [-0.3, -0.25) is 0 Å². The molecule has 0 aliphatic heterocycles. The predicted molar refractivity (Wildman–Crippen MR) is 85.9 cm³/mol. The third-order valence-corrected chi connectivity index (χ3v) is 5.71. The Kier molecular flexibility index (Phi) is 6.35. The van der Waals surface area contributed by atoms with Crippen LogP contribution in [0.3, 0.4) is 0 Å². The molecule has 0 aromatic rings. The van der Waals surface area contributed by atoms with Gasteiger partial charge in [0.15, 0.2) is 0 Å². The van der Waals surface area contributed by atoms with E-state index in [1.807, 2.05) is 0 Å². The van der Waals surface area contributed by atoms with Crippen molar-refractivity contribution in [3.63, 3.8) is 0 Å². The first-order valence-corrected chi connectivity index (χ1v) is 8.92. The summed E-state index contributed by atoms with van der Waals surface area (Å²) >= 11 is 0. The first kappa shape index (κ1) is 16.3. The number of unbranched alkanes of at least 4 members (excludes halogenated alkanes) is 1. The Hall–Kier alpha value is -0.0800. The van der Waals surface area contributed by atoms with E-state index in [0.29, 0.717) is 5.41 Å². The van der Waals surface area contributed by atoms with Crippen molar-refractivity contribution >= 4 is 0 Å². The van der Waals surface area contributed by atoms with Gasteiger partial charge in [0.05, 0.1) is 6.61 Å². The number of hydrogen-bond acceptors (Lipinski definition) is 2. The van der Waals surface area contributed by atoms with Crippen molar-refractivity contribution in [2.45, 2.75) is 65.2 Å². The maximum absolute atomic E-state index is 5.16. The van der Waals surface area contributed by atoms with Gasteiger partial charge in [-0.2, -0.15) is 0 Å². The van der Waals surface area contributed by atoms with Crippen LogP contribution in [-0.4, -0.2) is 26.8 Å². The molecule has 2 fully saturated rings. The molecular formula is C18H35NO. The maximum Gasteiger partial charge on any atom is 0.0587 e. The van der Waals surface area contributed by atoms with Crippen molar-refractivity contribution in [1.82, 2.24) is 5.32 Å². The Morgan fingerprint density at radius 2 is 2.00 bits per heavy atom. The van der Waals surface area contributed by atoms with Gasteiger partial charge in [-0.15, -0.1) is 0 Å².